The fraction of sp³-hybridized carbons (Fsp3) is 0. The van der Waals surface area contributed by atoms with Gasteiger partial charge in [0.2, 0.25) is 0 Å². The van der Waals surface area contributed by atoms with Crippen LogP contribution in [0.2, 0.25) is 0 Å². The molecule has 220 valence electrons. The number of hydrogen-bond acceptors (Lipinski definition) is 16. The molecule has 4 aromatic heterocycles. The topological polar surface area (TPSA) is 150 Å². The fourth-order valence-electron chi connectivity index (χ4n) is 2.73. The number of rotatable bonds is 4. The number of hydrogen-bond donors (Lipinski definition) is 2. The van der Waals surface area contributed by atoms with Crippen LogP contribution in [0.4, 0.5) is 23.3 Å². The molecule has 0 aliphatic carbocycles. The monoisotopic (exact) mass is 808 g/mol. The van der Waals surface area contributed by atoms with Gasteiger partial charge in [0.1, 0.15) is 0 Å². The summed E-state index contributed by atoms with van der Waals surface area (Å²) in [6.07, 6.45) is 18.3. The average Bonchev–Trinajstić information content (AvgIpc) is 3.00. The molecular formula is C20H14MoN12O2S8. The third kappa shape index (κ3) is 11.4. The van der Waals surface area contributed by atoms with Crippen molar-refractivity contribution in [2.45, 2.75) is 0 Å². The minimum atomic E-state index is -2.03. The summed E-state index contributed by atoms with van der Waals surface area (Å²) in [6.45, 7) is 0. The van der Waals surface area contributed by atoms with Gasteiger partial charge >= 0.3 is 25.3 Å². The summed E-state index contributed by atoms with van der Waals surface area (Å²) in [4.78, 5) is 32.6. The first-order valence-electron chi connectivity index (χ1n) is 10.7. The first-order valence-corrected chi connectivity index (χ1v) is 15.7. The Bertz CT molecular complexity index is 1320. The van der Waals surface area contributed by atoms with Crippen molar-refractivity contribution in [2.24, 2.45) is 0 Å². The van der Waals surface area contributed by atoms with Gasteiger partial charge in [-0.05, 0) is 8.64 Å². The zero-order valence-corrected chi connectivity index (χ0v) is 29.6. The Morgan fingerprint density at radius 3 is 0.930 bits per heavy atom. The zero-order valence-electron chi connectivity index (χ0n) is 20.9. The van der Waals surface area contributed by atoms with Crippen LogP contribution in [0.25, 0.3) is 0 Å². The van der Waals surface area contributed by atoms with Crippen molar-refractivity contribution in [3.8, 4) is 0 Å². The molecule has 0 saturated heterocycles. The summed E-state index contributed by atoms with van der Waals surface area (Å²) < 4.78 is 17.6. The van der Waals surface area contributed by atoms with Gasteiger partial charge < -0.3 is 49.7 Å². The molecule has 4 rings (SSSR count). The normalized spacial score (nSPS) is 9.35. The molecule has 0 bridgehead atoms. The predicted octanol–water partition coefficient (Wildman–Crippen LogP) is 2.84. The number of thiol groups is 2. The first kappa shape index (κ1) is 36.5. The van der Waals surface area contributed by atoms with Gasteiger partial charge in [0.25, 0.3) is 0 Å². The Kier molecular flexibility index (Phi) is 16.6. The van der Waals surface area contributed by atoms with Crippen molar-refractivity contribution >= 4 is 140 Å². The van der Waals surface area contributed by atoms with Gasteiger partial charge in [0.15, 0.2) is 31.9 Å². The van der Waals surface area contributed by atoms with Gasteiger partial charge in [0.05, 0.1) is 24.8 Å². The van der Waals surface area contributed by atoms with Crippen molar-refractivity contribution in [1.82, 2.24) is 39.9 Å². The molecule has 23 heteroatoms. The summed E-state index contributed by atoms with van der Waals surface area (Å²) in [5.74, 6) is 1.67. The van der Waals surface area contributed by atoms with E-state index in [0.717, 1.165) is 0 Å². The van der Waals surface area contributed by atoms with Gasteiger partial charge in [-0.15, -0.1) is 25.3 Å². The van der Waals surface area contributed by atoms with Crippen LogP contribution in [0.1, 0.15) is 0 Å². The number of nitrogens with zero attached hydrogens (tertiary/aromatic N) is 12. The van der Waals surface area contributed by atoms with Crippen LogP contribution in [0.5, 0.6) is 0 Å². The molecule has 0 N–H and O–H groups in total. The van der Waals surface area contributed by atoms with E-state index in [4.69, 9.17) is 80.9 Å². The van der Waals surface area contributed by atoms with Crippen LogP contribution in [-0.2, 0) is 50.5 Å². The maximum absolute atomic E-state index is 8.50. The van der Waals surface area contributed by atoms with Crippen LogP contribution >= 0.6 is 74.1 Å². The second kappa shape index (κ2) is 19.6. The van der Waals surface area contributed by atoms with Gasteiger partial charge in [-0.1, -0.05) is 24.4 Å². The van der Waals surface area contributed by atoms with E-state index in [1.54, 1.807) is 24.8 Å². The van der Waals surface area contributed by atoms with Crippen molar-refractivity contribution in [3.63, 3.8) is 0 Å². The molecule has 0 atom stereocenters. The molecule has 0 fully saturated rings. The van der Waals surface area contributed by atoms with E-state index >= 15 is 0 Å². The molecule has 0 aliphatic heterocycles. The summed E-state index contributed by atoms with van der Waals surface area (Å²) in [6, 6.07) is 0. The van der Waals surface area contributed by atoms with E-state index in [-0.39, 0.29) is 17.3 Å². The Morgan fingerprint density at radius 2 is 0.767 bits per heavy atom. The quantitative estimate of drug-likeness (QED) is 0.102. The van der Waals surface area contributed by atoms with Crippen LogP contribution < -0.4 is 20.0 Å². The van der Waals surface area contributed by atoms with Crippen molar-refractivity contribution in [1.29, 1.82) is 0 Å². The van der Waals surface area contributed by atoms with Crippen molar-refractivity contribution < 1.29 is 25.3 Å². The zero-order chi connectivity index (χ0) is 31.8. The van der Waals surface area contributed by atoms with Crippen LogP contribution in [0.3, 0.4) is 0 Å². The Labute approximate surface area is 296 Å². The Balaban J connectivity index is 0.000000275. The van der Waals surface area contributed by atoms with Gasteiger partial charge in [-0.2, -0.15) is 0 Å². The number of aromatic nitrogens is 8. The van der Waals surface area contributed by atoms with Gasteiger partial charge in [-0.3, -0.25) is 19.9 Å². The minimum absolute atomic E-state index is 0.104. The Hall–Kier alpha value is -2.69. The molecule has 0 aliphatic rings. The Morgan fingerprint density at radius 1 is 0.535 bits per heavy atom. The van der Waals surface area contributed by atoms with E-state index in [0.29, 0.717) is 23.3 Å². The molecule has 0 aromatic carbocycles. The summed E-state index contributed by atoms with van der Waals surface area (Å²) in [7, 11) is 0. The van der Waals surface area contributed by atoms with Crippen molar-refractivity contribution in [3.05, 3.63) is 74.4 Å². The third-order valence-corrected chi connectivity index (χ3v) is 5.59. The molecule has 0 spiro atoms. The van der Waals surface area contributed by atoms with E-state index in [1.807, 2.05) is 0 Å². The first-order chi connectivity index (χ1) is 20.6. The number of thiocarbonyl (C=S) groups is 4. The average molecular weight is 807 g/mol. The summed E-state index contributed by atoms with van der Waals surface area (Å²) in [5.41, 5.74) is 0. The summed E-state index contributed by atoms with van der Waals surface area (Å²) in [5, 5.41) is 5.70. The molecule has 4 aromatic rings. The SMILES string of the molecule is S=C([S-])N(c1cnccn1)N(C(=S)S)c1cnccn1.S=C([S-])N(c1cnccn1)N(C(=S)S)c1cnccn1.[O]=[Mo+2]=[O]. The second-order valence-electron chi connectivity index (χ2n) is 6.67. The van der Waals surface area contributed by atoms with Crippen LogP contribution in [0, 0.1) is 0 Å². The summed E-state index contributed by atoms with van der Waals surface area (Å²) >= 11 is 36.9. The second-order valence-corrected chi connectivity index (χ2v) is 11.3. The standard InChI is InChI=1S/2C10H8N6S4.Mo.2O/c2*17-9(18)15(7-5-11-1-3-13-7)16(10(19)20)8-6-12-2-4-14-8;;;/h2*1-6H,(H,17,18)(H,19,20);;;/q;;+2;;/p-2. The van der Waals surface area contributed by atoms with Crippen LogP contribution in [0.15, 0.2) is 74.4 Å². The van der Waals surface area contributed by atoms with E-state index in [9.17, 15) is 0 Å². The van der Waals surface area contributed by atoms with E-state index in [2.05, 4.69) is 65.1 Å². The molecule has 0 unspecified atom stereocenters. The predicted molar refractivity (Wildman–Crippen MR) is 183 cm³/mol. The number of hydrazine groups is 2. The third-order valence-electron chi connectivity index (χ3n) is 4.17. The van der Waals surface area contributed by atoms with Crippen molar-refractivity contribution in [2.75, 3.05) is 20.0 Å². The van der Waals surface area contributed by atoms with E-state index in [1.165, 1.54) is 69.6 Å². The molecule has 4 heterocycles. The fourth-order valence-corrected chi connectivity index (χ4v) is 4.16. The molecule has 14 nitrogen and oxygen atoms in total. The van der Waals surface area contributed by atoms with E-state index < -0.39 is 18.5 Å². The molecule has 0 radical (unpaired) electrons. The maximum atomic E-state index is 8.50. The van der Waals surface area contributed by atoms with Gasteiger partial charge in [-0.25, -0.2) is 40.0 Å². The van der Waals surface area contributed by atoms with Gasteiger partial charge in [0, 0.05) is 49.6 Å². The molecular weight excluding hydrogens is 793 g/mol. The molecule has 0 saturated carbocycles. The number of anilines is 4. The van der Waals surface area contributed by atoms with Crippen LogP contribution in [-0.4, -0.2) is 57.2 Å². The molecule has 43 heavy (non-hydrogen) atoms. The molecule has 0 amide bonds.